The maximum atomic E-state index is 13.6. The van der Waals surface area contributed by atoms with Crippen molar-refractivity contribution in [2.45, 2.75) is 18.9 Å². The molecule has 0 bridgehead atoms. The lowest BCUT2D eigenvalue weighted by molar-refractivity contribution is 0.215. The van der Waals surface area contributed by atoms with Crippen LogP contribution in [-0.2, 0) is 10.3 Å². The van der Waals surface area contributed by atoms with Gasteiger partial charge >= 0.3 is 0 Å². The van der Waals surface area contributed by atoms with Crippen molar-refractivity contribution < 1.29 is 9.13 Å². The van der Waals surface area contributed by atoms with Crippen molar-refractivity contribution in [1.82, 2.24) is 0 Å². The zero-order valence-corrected chi connectivity index (χ0v) is 8.53. The molecule has 1 aromatic carbocycles. The van der Waals surface area contributed by atoms with Gasteiger partial charge in [-0.1, -0.05) is 18.2 Å². The number of amidine groups is 1. The fourth-order valence-corrected chi connectivity index (χ4v) is 1.78. The Morgan fingerprint density at radius 2 is 2.20 bits per heavy atom. The van der Waals surface area contributed by atoms with Gasteiger partial charge in [0.1, 0.15) is 5.82 Å². The van der Waals surface area contributed by atoms with E-state index in [2.05, 4.69) is 4.99 Å². The maximum Gasteiger partial charge on any atom is 0.282 e. The van der Waals surface area contributed by atoms with E-state index in [0.717, 1.165) is 0 Å². The number of ether oxygens (including phenoxy) is 1. The molecule has 15 heavy (non-hydrogen) atoms. The van der Waals surface area contributed by atoms with Gasteiger partial charge in [0.05, 0.1) is 12.1 Å². The summed E-state index contributed by atoms with van der Waals surface area (Å²) in [4.78, 5) is 4.18. The standard InChI is InChI=1S/C11H13FN2O/c1-11(6-7-15-10(13)14-11)8-4-2-3-5-9(8)12/h2-5H,6-7H2,1H3,(H2,13,14)/t11-/m0/s1. The highest BCUT2D eigenvalue weighted by Gasteiger charge is 2.32. The molecular formula is C11H13FN2O. The molecule has 1 aromatic rings. The highest BCUT2D eigenvalue weighted by molar-refractivity contribution is 5.72. The molecule has 1 aliphatic rings. The summed E-state index contributed by atoms with van der Waals surface area (Å²) in [5.74, 6) is -0.251. The van der Waals surface area contributed by atoms with Crippen LogP contribution in [0.2, 0.25) is 0 Å². The molecule has 2 N–H and O–H groups in total. The summed E-state index contributed by atoms with van der Waals surface area (Å²) in [6.07, 6.45) is 0.634. The van der Waals surface area contributed by atoms with E-state index < -0.39 is 5.54 Å². The van der Waals surface area contributed by atoms with Crippen LogP contribution in [0.4, 0.5) is 4.39 Å². The van der Waals surface area contributed by atoms with Crippen molar-refractivity contribution in [3.05, 3.63) is 35.6 Å². The molecule has 2 rings (SSSR count). The second kappa shape index (κ2) is 3.53. The average molecular weight is 208 g/mol. The van der Waals surface area contributed by atoms with Gasteiger partial charge < -0.3 is 10.5 Å². The first kappa shape index (κ1) is 9.96. The van der Waals surface area contributed by atoms with E-state index in [1.807, 2.05) is 6.92 Å². The first-order valence-corrected chi connectivity index (χ1v) is 4.85. The first-order valence-electron chi connectivity index (χ1n) is 4.85. The Labute approximate surface area is 87.8 Å². The van der Waals surface area contributed by atoms with E-state index in [-0.39, 0.29) is 11.8 Å². The second-order valence-electron chi connectivity index (χ2n) is 3.80. The summed E-state index contributed by atoms with van der Waals surface area (Å²) in [6.45, 7) is 2.33. The van der Waals surface area contributed by atoms with Gasteiger partial charge in [-0.25, -0.2) is 9.38 Å². The van der Waals surface area contributed by atoms with Crippen molar-refractivity contribution in [3.63, 3.8) is 0 Å². The van der Waals surface area contributed by atoms with Crippen molar-refractivity contribution in [3.8, 4) is 0 Å². The van der Waals surface area contributed by atoms with E-state index >= 15 is 0 Å². The molecule has 0 spiro atoms. The van der Waals surface area contributed by atoms with Crippen LogP contribution in [0.3, 0.4) is 0 Å². The number of benzene rings is 1. The Hall–Kier alpha value is -1.58. The van der Waals surface area contributed by atoms with Crippen LogP contribution in [0.5, 0.6) is 0 Å². The number of halogens is 1. The van der Waals surface area contributed by atoms with E-state index in [1.165, 1.54) is 6.07 Å². The van der Waals surface area contributed by atoms with E-state index in [0.29, 0.717) is 18.6 Å². The molecule has 0 aromatic heterocycles. The van der Waals surface area contributed by atoms with Gasteiger partial charge in [-0.15, -0.1) is 0 Å². The lowest BCUT2D eigenvalue weighted by Gasteiger charge is -2.30. The smallest absolute Gasteiger partial charge is 0.282 e. The Balaban J connectivity index is 2.45. The van der Waals surface area contributed by atoms with Crippen molar-refractivity contribution in [1.29, 1.82) is 0 Å². The van der Waals surface area contributed by atoms with Crippen LogP contribution in [0.25, 0.3) is 0 Å². The summed E-state index contributed by atoms with van der Waals surface area (Å²) in [5, 5.41) is 0. The Kier molecular flexibility index (Phi) is 2.34. The van der Waals surface area contributed by atoms with Gasteiger partial charge in [-0.05, 0) is 13.0 Å². The normalized spacial score (nSPS) is 25.6. The van der Waals surface area contributed by atoms with Gasteiger partial charge in [0.2, 0.25) is 0 Å². The largest absolute Gasteiger partial charge is 0.465 e. The Morgan fingerprint density at radius 1 is 1.47 bits per heavy atom. The van der Waals surface area contributed by atoms with Gasteiger partial charge in [0.25, 0.3) is 6.02 Å². The molecule has 0 radical (unpaired) electrons. The van der Waals surface area contributed by atoms with Crippen molar-refractivity contribution in [2.24, 2.45) is 10.7 Å². The summed E-state index contributed by atoms with van der Waals surface area (Å²) in [6, 6.07) is 6.76. The minimum atomic E-state index is -0.603. The zero-order chi connectivity index (χ0) is 10.9. The van der Waals surface area contributed by atoms with E-state index in [4.69, 9.17) is 10.5 Å². The second-order valence-corrected chi connectivity index (χ2v) is 3.80. The number of rotatable bonds is 1. The number of nitrogens with two attached hydrogens (primary N) is 1. The fraction of sp³-hybridized carbons (Fsp3) is 0.364. The average Bonchev–Trinajstić information content (AvgIpc) is 2.17. The Bertz CT molecular complexity index is 405. The minimum Gasteiger partial charge on any atom is -0.465 e. The van der Waals surface area contributed by atoms with E-state index in [9.17, 15) is 4.39 Å². The Morgan fingerprint density at radius 3 is 2.87 bits per heavy atom. The monoisotopic (exact) mass is 208 g/mol. The van der Waals surface area contributed by atoms with Gasteiger partial charge in [0, 0.05) is 12.0 Å². The minimum absolute atomic E-state index is 0.131. The van der Waals surface area contributed by atoms with Crippen LogP contribution in [0.15, 0.2) is 29.3 Å². The van der Waals surface area contributed by atoms with Crippen molar-refractivity contribution in [2.75, 3.05) is 6.61 Å². The quantitative estimate of drug-likeness (QED) is 0.764. The topological polar surface area (TPSA) is 47.6 Å². The lowest BCUT2D eigenvalue weighted by atomic mass is 9.89. The molecule has 0 fully saturated rings. The molecular weight excluding hydrogens is 195 g/mol. The van der Waals surface area contributed by atoms with Crippen molar-refractivity contribution >= 4 is 6.02 Å². The summed E-state index contributed by atoms with van der Waals surface area (Å²) in [7, 11) is 0. The van der Waals surface area contributed by atoms with Crippen LogP contribution < -0.4 is 5.73 Å². The molecule has 4 heteroatoms. The third-order valence-corrected chi connectivity index (χ3v) is 2.65. The number of hydrogen-bond acceptors (Lipinski definition) is 3. The van der Waals surface area contributed by atoms with E-state index in [1.54, 1.807) is 18.2 Å². The summed E-state index contributed by atoms with van der Waals surface area (Å²) >= 11 is 0. The predicted octanol–water partition coefficient (Wildman–Crippen LogP) is 1.78. The molecule has 1 aliphatic heterocycles. The van der Waals surface area contributed by atoms with Crippen LogP contribution >= 0.6 is 0 Å². The summed E-state index contributed by atoms with van der Waals surface area (Å²) < 4.78 is 18.6. The van der Waals surface area contributed by atoms with Crippen LogP contribution in [0.1, 0.15) is 18.9 Å². The lowest BCUT2D eigenvalue weighted by Crippen LogP contribution is -2.34. The molecule has 0 aliphatic carbocycles. The van der Waals surface area contributed by atoms with Crippen LogP contribution in [-0.4, -0.2) is 12.6 Å². The highest BCUT2D eigenvalue weighted by atomic mass is 19.1. The molecule has 80 valence electrons. The number of nitrogens with zero attached hydrogens (tertiary/aromatic N) is 1. The molecule has 1 heterocycles. The molecule has 0 saturated carbocycles. The number of aliphatic imine (C=N–C) groups is 1. The molecule has 0 saturated heterocycles. The highest BCUT2D eigenvalue weighted by Crippen LogP contribution is 2.33. The number of hydrogen-bond donors (Lipinski definition) is 1. The van der Waals surface area contributed by atoms with Gasteiger partial charge in [-0.3, -0.25) is 0 Å². The molecule has 1 atom stereocenters. The zero-order valence-electron chi connectivity index (χ0n) is 8.53. The summed E-state index contributed by atoms with van der Waals surface area (Å²) in [5.41, 5.74) is 5.47. The SMILES string of the molecule is C[C@@]1(c2ccccc2F)CCOC(N)=N1. The first-order chi connectivity index (χ1) is 7.12. The molecule has 3 nitrogen and oxygen atoms in total. The maximum absolute atomic E-state index is 13.6. The predicted molar refractivity (Wildman–Crippen MR) is 55.9 cm³/mol. The van der Waals surface area contributed by atoms with Gasteiger partial charge in [0.15, 0.2) is 0 Å². The van der Waals surface area contributed by atoms with Crippen LogP contribution in [0, 0.1) is 5.82 Å². The third-order valence-electron chi connectivity index (χ3n) is 2.65. The third kappa shape index (κ3) is 1.79. The van der Waals surface area contributed by atoms with Gasteiger partial charge in [-0.2, -0.15) is 0 Å². The molecule has 0 amide bonds. The molecule has 0 unspecified atom stereocenters. The fourth-order valence-electron chi connectivity index (χ4n) is 1.78.